The lowest BCUT2D eigenvalue weighted by molar-refractivity contribution is 0.419. The second kappa shape index (κ2) is 6.71. The molecule has 3 heteroatoms. The van der Waals surface area contributed by atoms with Gasteiger partial charge in [-0.05, 0) is 43.4 Å². The summed E-state index contributed by atoms with van der Waals surface area (Å²) in [5.41, 5.74) is 4.14. The molecule has 2 nitrogen and oxygen atoms in total. The van der Waals surface area contributed by atoms with Crippen LogP contribution in [-0.4, -0.2) is 11.5 Å². The number of nitrogens with zero attached hydrogens (tertiary/aromatic N) is 1. The Kier molecular flexibility index (Phi) is 4.71. The quantitative estimate of drug-likeness (QED) is 0.842. The summed E-state index contributed by atoms with van der Waals surface area (Å²) in [6, 6.07) is 9.56. The fourth-order valence-electron chi connectivity index (χ4n) is 3.04. The third kappa shape index (κ3) is 3.53. The molecule has 1 saturated carbocycles. The first kappa shape index (κ1) is 14.7. The summed E-state index contributed by atoms with van der Waals surface area (Å²) < 4.78 is 0. The summed E-state index contributed by atoms with van der Waals surface area (Å²) in [7, 11) is 0. The molecule has 21 heavy (non-hydrogen) atoms. The van der Waals surface area contributed by atoms with Crippen molar-refractivity contribution in [1.82, 2.24) is 10.3 Å². The van der Waals surface area contributed by atoms with Gasteiger partial charge in [-0.2, -0.15) is 0 Å². The average molecular weight is 300 g/mol. The number of aromatic nitrogens is 1. The third-order valence-corrected chi connectivity index (χ3v) is 5.24. The molecule has 2 aromatic rings. The normalized spacial score (nSPS) is 16.7. The zero-order valence-electron chi connectivity index (χ0n) is 12.9. The van der Waals surface area contributed by atoms with Gasteiger partial charge >= 0.3 is 0 Å². The van der Waals surface area contributed by atoms with Gasteiger partial charge in [-0.1, -0.05) is 37.6 Å². The molecule has 1 aliphatic carbocycles. The highest BCUT2D eigenvalue weighted by Gasteiger charge is 2.21. The van der Waals surface area contributed by atoms with Crippen LogP contribution < -0.4 is 5.32 Å². The van der Waals surface area contributed by atoms with Gasteiger partial charge in [-0.25, -0.2) is 4.98 Å². The fourth-order valence-corrected chi connectivity index (χ4v) is 3.66. The van der Waals surface area contributed by atoms with Crippen LogP contribution in [0.3, 0.4) is 0 Å². The lowest BCUT2D eigenvalue weighted by atomic mass is 9.79. The van der Waals surface area contributed by atoms with Crippen molar-refractivity contribution in [1.29, 1.82) is 0 Å². The standard InChI is InChI=1S/C18H24N2S/c1-3-19-18(11-17-12-21-13(2)20-17)16-9-5-8-15(10-16)14-6-4-7-14/h5,8-10,12,14,18-19H,3-4,6-7,11H2,1-2H3. The van der Waals surface area contributed by atoms with E-state index in [1.165, 1.54) is 36.1 Å². The molecule has 1 aromatic heterocycles. The Morgan fingerprint density at radius 2 is 2.24 bits per heavy atom. The van der Waals surface area contributed by atoms with E-state index < -0.39 is 0 Å². The average Bonchev–Trinajstić information content (AvgIpc) is 2.82. The van der Waals surface area contributed by atoms with Crippen LogP contribution >= 0.6 is 11.3 Å². The summed E-state index contributed by atoms with van der Waals surface area (Å²) in [6.07, 6.45) is 5.09. The molecule has 0 saturated heterocycles. The number of nitrogens with one attached hydrogen (secondary N) is 1. The van der Waals surface area contributed by atoms with Crippen LogP contribution in [0.2, 0.25) is 0 Å². The Morgan fingerprint density at radius 3 is 2.86 bits per heavy atom. The van der Waals surface area contributed by atoms with Crippen LogP contribution in [0.15, 0.2) is 29.6 Å². The summed E-state index contributed by atoms with van der Waals surface area (Å²) in [5.74, 6) is 0.800. The number of benzene rings is 1. The fraction of sp³-hybridized carbons (Fsp3) is 0.500. The van der Waals surface area contributed by atoms with Crippen molar-refractivity contribution in [2.24, 2.45) is 0 Å². The van der Waals surface area contributed by atoms with Crippen molar-refractivity contribution in [3.63, 3.8) is 0 Å². The largest absolute Gasteiger partial charge is 0.310 e. The minimum absolute atomic E-state index is 0.372. The van der Waals surface area contributed by atoms with E-state index in [9.17, 15) is 0 Å². The highest BCUT2D eigenvalue weighted by atomic mass is 32.1. The van der Waals surface area contributed by atoms with E-state index in [0.717, 1.165) is 23.9 Å². The minimum Gasteiger partial charge on any atom is -0.310 e. The van der Waals surface area contributed by atoms with E-state index in [2.05, 4.69) is 53.8 Å². The van der Waals surface area contributed by atoms with Gasteiger partial charge in [0.25, 0.3) is 0 Å². The van der Waals surface area contributed by atoms with E-state index >= 15 is 0 Å². The molecule has 112 valence electrons. The molecule has 0 radical (unpaired) electrons. The number of hydrogen-bond donors (Lipinski definition) is 1. The summed E-state index contributed by atoms with van der Waals surface area (Å²) in [5, 5.41) is 6.97. The van der Waals surface area contributed by atoms with Gasteiger partial charge in [0.1, 0.15) is 0 Å². The maximum atomic E-state index is 4.62. The monoisotopic (exact) mass is 300 g/mol. The first-order chi connectivity index (χ1) is 10.3. The second-order valence-corrected chi connectivity index (χ2v) is 7.03. The highest BCUT2D eigenvalue weighted by molar-refractivity contribution is 7.09. The molecule has 0 amide bonds. The smallest absolute Gasteiger partial charge is 0.0897 e. The molecule has 1 aromatic carbocycles. The number of thiazole rings is 1. The van der Waals surface area contributed by atoms with Crippen LogP contribution in [0.4, 0.5) is 0 Å². The van der Waals surface area contributed by atoms with Gasteiger partial charge in [0.15, 0.2) is 0 Å². The van der Waals surface area contributed by atoms with Gasteiger partial charge < -0.3 is 5.32 Å². The molecule has 0 spiro atoms. The van der Waals surface area contributed by atoms with Gasteiger partial charge in [0.05, 0.1) is 10.7 Å². The van der Waals surface area contributed by atoms with Gasteiger partial charge in [-0.3, -0.25) is 0 Å². The van der Waals surface area contributed by atoms with Crippen molar-refractivity contribution < 1.29 is 0 Å². The molecule has 1 atom stereocenters. The van der Waals surface area contributed by atoms with Crippen molar-refractivity contribution in [2.45, 2.75) is 51.5 Å². The van der Waals surface area contributed by atoms with E-state index in [1.807, 2.05) is 0 Å². The number of likely N-dealkylation sites (N-methyl/N-ethyl adjacent to an activating group) is 1. The zero-order valence-corrected chi connectivity index (χ0v) is 13.7. The van der Waals surface area contributed by atoms with Crippen LogP contribution in [0, 0.1) is 6.92 Å². The van der Waals surface area contributed by atoms with Crippen molar-refractivity contribution in [2.75, 3.05) is 6.54 Å². The first-order valence-electron chi connectivity index (χ1n) is 8.00. The van der Waals surface area contributed by atoms with Crippen molar-refractivity contribution in [3.8, 4) is 0 Å². The van der Waals surface area contributed by atoms with Crippen LogP contribution in [-0.2, 0) is 6.42 Å². The molecule has 0 aliphatic heterocycles. The Hall–Kier alpha value is -1.19. The molecule has 1 N–H and O–H groups in total. The van der Waals surface area contributed by atoms with E-state index in [-0.39, 0.29) is 0 Å². The highest BCUT2D eigenvalue weighted by Crippen LogP contribution is 2.37. The molecule has 3 rings (SSSR count). The summed E-state index contributed by atoms with van der Waals surface area (Å²) in [6.45, 7) is 5.24. The minimum atomic E-state index is 0.372. The lowest BCUT2D eigenvalue weighted by Crippen LogP contribution is -2.23. The predicted octanol–water partition coefficient (Wildman–Crippen LogP) is 4.61. The van der Waals surface area contributed by atoms with Crippen LogP contribution in [0.25, 0.3) is 0 Å². The topological polar surface area (TPSA) is 24.9 Å². The predicted molar refractivity (Wildman–Crippen MR) is 90.0 cm³/mol. The SMILES string of the molecule is CCNC(Cc1csc(C)n1)c1cccc(C2CCC2)c1. The molecule has 1 fully saturated rings. The van der Waals surface area contributed by atoms with E-state index in [0.29, 0.717) is 6.04 Å². The molecular formula is C18H24N2S. The molecule has 1 unspecified atom stereocenters. The molecule has 1 aliphatic rings. The van der Waals surface area contributed by atoms with Gasteiger partial charge in [0, 0.05) is 17.8 Å². The Bertz CT molecular complexity index is 586. The maximum absolute atomic E-state index is 4.62. The number of aryl methyl sites for hydroxylation is 1. The van der Waals surface area contributed by atoms with Crippen LogP contribution in [0.5, 0.6) is 0 Å². The zero-order chi connectivity index (χ0) is 14.7. The Labute approximate surface area is 131 Å². The molecule has 1 heterocycles. The third-order valence-electron chi connectivity index (χ3n) is 4.42. The summed E-state index contributed by atoms with van der Waals surface area (Å²) >= 11 is 1.74. The molecule has 0 bridgehead atoms. The number of hydrogen-bond acceptors (Lipinski definition) is 3. The first-order valence-corrected chi connectivity index (χ1v) is 8.88. The lowest BCUT2D eigenvalue weighted by Gasteiger charge is -2.27. The Morgan fingerprint density at radius 1 is 1.38 bits per heavy atom. The number of rotatable bonds is 6. The molecular weight excluding hydrogens is 276 g/mol. The Balaban J connectivity index is 1.79. The van der Waals surface area contributed by atoms with Crippen molar-refractivity contribution >= 4 is 11.3 Å². The van der Waals surface area contributed by atoms with E-state index in [4.69, 9.17) is 0 Å². The van der Waals surface area contributed by atoms with Crippen molar-refractivity contribution in [3.05, 3.63) is 51.5 Å². The maximum Gasteiger partial charge on any atom is 0.0897 e. The van der Waals surface area contributed by atoms with Gasteiger partial charge in [0.2, 0.25) is 0 Å². The summed E-state index contributed by atoms with van der Waals surface area (Å²) in [4.78, 5) is 4.62. The van der Waals surface area contributed by atoms with Crippen LogP contribution in [0.1, 0.15) is 60.0 Å². The van der Waals surface area contributed by atoms with Gasteiger partial charge in [-0.15, -0.1) is 11.3 Å². The van der Waals surface area contributed by atoms with E-state index in [1.54, 1.807) is 11.3 Å². The second-order valence-electron chi connectivity index (χ2n) is 5.97.